The van der Waals surface area contributed by atoms with E-state index in [1.807, 2.05) is 11.9 Å². The number of hydrogen-bond donors (Lipinski definition) is 0. The molecule has 1 saturated heterocycles. The maximum atomic E-state index is 10.7. The summed E-state index contributed by atoms with van der Waals surface area (Å²) in [6.07, 6.45) is 1.34. The second kappa shape index (κ2) is 5.52. The van der Waals surface area contributed by atoms with Crippen LogP contribution >= 0.6 is 0 Å². The van der Waals surface area contributed by atoms with Crippen molar-refractivity contribution in [2.24, 2.45) is 11.3 Å². The quantitative estimate of drug-likeness (QED) is 0.621. The molecule has 0 bridgehead atoms. The molecule has 0 radical (unpaired) electrons. The Hall–Kier alpha value is -2.48. The average molecular weight is 344 g/mol. The Bertz CT molecular complexity index is 801. The van der Waals surface area contributed by atoms with E-state index in [0.29, 0.717) is 23.3 Å². The summed E-state index contributed by atoms with van der Waals surface area (Å²) in [7, 11) is 1.97. The van der Waals surface area contributed by atoms with Gasteiger partial charge in [-0.25, -0.2) is 0 Å². The maximum absolute atomic E-state index is 10.7. The zero-order chi connectivity index (χ0) is 17.8. The zero-order valence-corrected chi connectivity index (χ0v) is 14.4. The van der Waals surface area contributed by atoms with Crippen molar-refractivity contribution < 1.29 is 14.2 Å². The smallest absolute Gasteiger partial charge is 0.324 e. The number of non-ortho nitro benzene ring substituents is 1. The summed E-state index contributed by atoms with van der Waals surface area (Å²) in [5.41, 5.74) is 0.745. The number of nitro benzene ring substituents is 1. The molecule has 2 heterocycles. The average Bonchev–Trinajstić information content (AvgIpc) is 3.23. The van der Waals surface area contributed by atoms with Crippen LogP contribution in [0.1, 0.15) is 20.3 Å². The van der Waals surface area contributed by atoms with Crippen molar-refractivity contribution in [3.63, 3.8) is 0 Å². The SMILES string of the molecule is CN(c1nc(-c2ccc([N+](=O)[O-])cc2)no1)[C@@H]1[C@@H]2CCO[C@H]2C1(C)C. The Labute approximate surface area is 144 Å². The second-order valence-electron chi connectivity index (χ2n) is 7.33. The molecular formula is C17H20N4O4. The predicted molar refractivity (Wildman–Crippen MR) is 90.2 cm³/mol. The van der Waals surface area contributed by atoms with Gasteiger partial charge < -0.3 is 14.2 Å². The molecule has 1 aliphatic carbocycles. The molecule has 132 valence electrons. The fourth-order valence-corrected chi connectivity index (χ4v) is 4.41. The minimum atomic E-state index is -0.433. The summed E-state index contributed by atoms with van der Waals surface area (Å²) in [5, 5.41) is 14.8. The summed E-state index contributed by atoms with van der Waals surface area (Å²) in [6.45, 7) is 5.21. The minimum Gasteiger partial charge on any atom is -0.377 e. The second-order valence-corrected chi connectivity index (χ2v) is 7.33. The van der Waals surface area contributed by atoms with Gasteiger partial charge in [0.2, 0.25) is 5.82 Å². The summed E-state index contributed by atoms with van der Waals surface area (Å²) in [5.74, 6) is 0.905. The van der Waals surface area contributed by atoms with Gasteiger partial charge in [0.15, 0.2) is 0 Å². The molecule has 8 heteroatoms. The van der Waals surface area contributed by atoms with E-state index in [1.54, 1.807) is 12.1 Å². The molecule has 25 heavy (non-hydrogen) atoms. The van der Waals surface area contributed by atoms with Crippen molar-refractivity contribution in [3.05, 3.63) is 34.4 Å². The molecule has 1 aromatic carbocycles. The number of fused-ring (bicyclic) bond motifs is 1. The van der Waals surface area contributed by atoms with Crippen molar-refractivity contribution in [1.82, 2.24) is 10.1 Å². The monoisotopic (exact) mass is 344 g/mol. The van der Waals surface area contributed by atoms with E-state index in [2.05, 4.69) is 24.0 Å². The number of anilines is 1. The maximum Gasteiger partial charge on any atom is 0.324 e. The van der Waals surface area contributed by atoms with Crippen LogP contribution in [0.5, 0.6) is 0 Å². The highest BCUT2D eigenvalue weighted by Gasteiger charge is 2.61. The van der Waals surface area contributed by atoms with Gasteiger partial charge in [0.25, 0.3) is 5.69 Å². The molecule has 8 nitrogen and oxygen atoms in total. The number of nitro groups is 1. The molecule has 1 saturated carbocycles. The van der Waals surface area contributed by atoms with Gasteiger partial charge in [0, 0.05) is 48.7 Å². The number of nitrogens with zero attached hydrogens (tertiary/aromatic N) is 4. The van der Waals surface area contributed by atoms with E-state index < -0.39 is 4.92 Å². The summed E-state index contributed by atoms with van der Waals surface area (Å²) in [6, 6.07) is 6.86. The molecule has 0 amide bonds. The molecule has 0 unspecified atom stereocenters. The normalized spacial score (nSPS) is 26.8. The highest BCUT2D eigenvalue weighted by Crippen LogP contribution is 2.54. The third-order valence-corrected chi connectivity index (χ3v) is 5.51. The molecule has 0 spiro atoms. The van der Waals surface area contributed by atoms with Gasteiger partial charge in [-0.3, -0.25) is 10.1 Å². The van der Waals surface area contributed by atoms with Crippen LogP contribution in [-0.4, -0.2) is 40.9 Å². The molecular weight excluding hydrogens is 324 g/mol. The number of ether oxygens (including phenoxy) is 1. The van der Waals surface area contributed by atoms with Crippen LogP contribution in [0, 0.1) is 21.4 Å². The lowest BCUT2D eigenvalue weighted by molar-refractivity contribution is -0.384. The molecule has 1 aliphatic heterocycles. The molecule has 2 aromatic rings. The van der Waals surface area contributed by atoms with Gasteiger partial charge in [0.1, 0.15) is 0 Å². The first-order valence-corrected chi connectivity index (χ1v) is 8.32. The third kappa shape index (κ3) is 2.39. The number of rotatable bonds is 4. The molecule has 4 rings (SSSR count). The molecule has 3 atom stereocenters. The lowest BCUT2D eigenvalue weighted by atomic mass is 9.57. The summed E-state index contributed by atoms with van der Waals surface area (Å²) < 4.78 is 11.3. The van der Waals surface area contributed by atoms with E-state index in [-0.39, 0.29) is 23.2 Å². The zero-order valence-electron chi connectivity index (χ0n) is 14.4. The van der Waals surface area contributed by atoms with Crippen LogP contribution in [0.3, 0.4) is 0 Å². The first-order valence-electron chi connectivity index (χ1n) is 8.32. The van der Waals surface area contributed by atoms with Crippen molar-refractivity contribution in [1.29, 1.82) is 0 Å². The predicted octanol–water partition coefficient (Wildman–Crippen LogP) is 2.89. The Morgan fingerprint density at radius 3 is 2.72 bits per heavy atom. The number of hydrogen-bond acceptors (Lipinski definition) is 7. The van der Waals surface area contributed by atoms with Gasteiger partial charge in [-0.1, -0.05) is 19.0 Å². The van der Waals surface area contributed by atoms with Crippen LogP contribution in [0.15, 0.2) is 28.8 Å². The summed E-state index contributed by atoms with van der Waals surface area (Å²) >= 11 is 0. The van der Waals surface area contributed by atoms with Crippen molar-refractivity contribution in [2.45, 2.75) is 32.4 Å². The van der Waals surface area contributed by atoms with Crippen LogP contribution < -0.4 is 4.90 Å². The van der Waals surface area contributed by atoms with Gasteiger partial charge in [0.05, 0.1) is 11.0 Å². The lowest BCUT2D eigenvalue weighted by Crippen LogP contribution is -2.66. The minimum absolute atomic E-state index is 0.0257. The first kappa shape index (κ1) is 16.0. The molecule has 1 aromatic heterocycles. The highest BCUT2D eigenvalue weighted by atomic mass is 16.6. The van der Waals surface area contributed by atoms with Crippen LogP contribution in [0.4, 0.5) is 11.7 Å². The van der Waals surface area contributed by atoms with Crippen molar-refractivity contribution in [3.8, 4) is 11.4 Å². The third-order valence-electron chi connectivity index (χ3n) is 5.51. The lowest BCUT2D eigenvalue weighted by Gasteiger charge is -2.57. The van der Waals surface area contributed by atoms with E-state index >= 15 is 0 Å². The number of aromatic nitrogens is 2. The van der Waals surface area contributed by atoms with Crippen LogP contribution in [0.2, 0.25) is 0 Å². The largest absolute Gasteiger partial charge is 0.377 e. The van der Waals surface area contributed by atoms with E-state index in [0.717, 1.165) is 13.0 Å². The first-order chi connectivity index (χ1) is 11.9. The van der Waals surface area contributed by atoms with E-state index in [1.165, 1.54) is 12.1 Å². The topological polar surface area (TPSA) is 94.5 Å². The molecule has 2 aliphatic rings. The Kier molecular flexibility index (Phi) is 3.54. The summed E-state index contributed by atoms with van der Waals surface area (Å²) in [4.78, 5) is 16.8. The van der Waals surface area contributed by atoms with Gasteiger partial charge >= 0.3 is 6.01 Å². The Morgan fingerprint density at radius 1 is 1.32 bits per heavy atom. The van der Waals surface area contributed by atoms with Crippen LogP contribution in [0.25, 0.3) is 11.4 Å². The van der Waals surface area contributed by atoms with Crippen molar-refractivity contribution >= 4 is 11.7 Å². The number of benzene rings is 1. The van der Waals surface area contributed by atoms with Gasteiger partial charge in [-0.05, 0) is 18.6 Å². The fourth-order valence-electron chi connectivity index (χ4n) is 4.41. The Balaban J connectivity index is 1.56. The van der Waals surface area contributed by atoms with Crippen LogP contribution in [-0.2, 0) is 4.74 Å². The van der Waals surface area contributed by atoms with Crippen molar-refractivity contribution in [2.75, 3.05) is 18.6 Å². The molecule has 2 fully saturated rings. The fraction of sp³-hybridized carbons (Fsp3) is 0.529. The van der Waals surface area contributed by atoms with Gasteiger partial charge in [-0.15, -0.1) is 0 Å². The Morgan fingerprint density at radius 2 is 2.04 bits per heavy atom. The standard InChI is InChI=1S/C17H20N4O4/c1-17(2)13(12-8-9-24-14(12)17)20(3)16-18-15(19-25-16)10-4-6-11(7-5-10)21(22)23/h4-7,12-14H,8-9H2,1-3H3/t12-,13+,14+/m0/s1. The highest BCUT2D eigenvalue weighted by molar-refractivity contribution is 5.58. The van der Waals surface area contributed by atoms with E-state index in [4.69, 9.17) is 9.26 Å². The molecule has 0 N–H and O–H groups in total. The van der Waals surface area contributed by atoms with E-state index in [9.17, 15) is 10.1 Å². The van der Waals surface area contributed by atoms with Gasteiger partial charge in [-0.2, -0.15) is 4.98 Å².